The number of amides is 2. The van der Waals surface area contributed by atoms with Gasteiger partial charge in [-0.1, -0.05) is 26.0 Å². The van der Waals surface area contributed by atoms with E-state index in [2.05, 4.69) is 26.0 Å². The van der Waals surface area contributed by atoms with Crippen molar-refractivity contribution in [3.8, 4) is 0 Å². The van der Waals surface area contributed by atoms with Crippen LogP contribution in [0.4, 0.5) is 4.79 Å². The van der Waals surface area contributed by atoms with E-state index in [1.165, 1.54) is 12.0 Å². The van der Waals surface area contributed by atoms with Crippen LogP contribution in [-0.2, 0) is 16.0 Å². The maximum absolute atomic E-state index is 12.5. The van der Waals surface area contributed by atoms with Gasteiger partial charge in [-0.3, -0.25) is 4.79 Å². The number of carbonyl (C=O) groups is 2. The minimum absolute atomic E-state index is 0.117. The molecule has 1 heterocycles. The van der Waals surface area contributed by atoms with Gasteiger partial charge in [-0.2, -0.15) is 0 Å². The first-order valence-corrected chi connectivity index (χ1v) is 9.24. The van der Waals surface area contributed by atoms with Crippen LogP contribution in [0.3, 0.4) is 0 Å². The Labute approximate surface area is 148 Å². The molecular formula is C18H26N2O3S. The van der Waals surface area contributed by atoms with Gasteiger partial charge in [0.25, 0.3) is 0 Å². The summed E-state index contributed by atoms with van der Waals surface area (Å²) < 4.78 is 4.76. The summed E-state index contributed by atoms with van der Waals surface area (Å²) in [5.74, 6) is 0.117. The Morgan fingerprint density at radius 2 is 1.71 bits per heavy atom. The first kappa shape index (κ1) is 18.6. The van der Waals surface area contributed by atoms with Gasteiger partial charge in [-0.25, -0.2) is 4.79 Å². The van der Waals surface area contributed by atoms with Crippen molar-refractivity contribution in [3.63, 3.8) is 0 Å². The van der Waals surface area contributed by atoms with Crippen LogP contribution >= 0.6 is 11.8 Å². The highest BCUT2D eigenvalue weighted by molar-refractivity contribution is 7.99. The largest absolute Gasteiger partial charge is 0.453 e. The number of ether oxygens (including phenoxy) is 1. The lowest BCUT2D eigenvalue weighted by Gasteiger charge is -2.21. The van der Waals surface area contributed by atoms with Gasteiger partial charge in [-0.05, 0) is 24.1 Å². The van der Waals surface area contributed by atoms with E-state index in [9.17, 15) is 9.59 Å². The molecule has 1 aromatic rings. The molecular weight excluding hydrogens is 324 g/mol. The molecule has 0 N–H and O–H groups in total. The molecule has 0 aliphatic carbocycles. The van der Waals surface area contributed by atoms with Gasteiger partial charge < -0.3 is 14.5 Å². The van der Waals surface area contributed by atoms with E-state index in [4.69, 9.17) is 4.74 Å². The molecule has 5 nitrogen and oxygen atoms in total. The number of hydrogen-bond acceptors (Lipinski definition) is 4. The van der Waals surface area contributed by atoms with Crippen LogP contribution in [0.5, 0.6) is 0 Å². The molecule has 2 amide bonds. The van der Waals surface area contributed by atoms with E-state index in [-0.39, 0.29) is 12.0 Å². The van der Waals surface area contributed by atoms with Crippen LogP contribution in [0, 0.1) is 0 Å². The highest BCUT2D eigenvalue weighted by Crippen LogP contribution is 2.23. The molecule has 24 heavy (non-hydrogen) atoms. The summed E-state index contributed by atoms with van der Waals surface area (Å²) in [6, 6.07) is 8.21. The zero-order valence-corrected chi connectivity index (χ0v) is 15.5. The second-order valence-corrected chi connectivity index (χ2v) is 7.83. The topological polar surface area (TPSA) is 49.9 Å². The van der Waals surface area contributed by atoms with E-state index in [1.54, 1.807) is 4.90 Å². The summed E-state index contributed by atoms with van der Waals surface area (Å²) in [4.78, 5) is 28.8. The molecule has 0 atom stereocenters. The second-order valence-electron chi connectivity index (χ2n) is 6.18. The summed E-state index contributed by atoms with van der Waals surface area (Å²) in [6.07, 6.45) is 0.873. The molecule has 1 aliphatic heterocycles. The minimum atomic E-state index is -0.317. The number of thioether (sulfide) groups is 1. The highest BCUT2D eigenvalue weighted by atomic mass is 32.2. The fourth-order valence-corrected chi connectivity index (χ4v) is 3.56. The van der Waals surface area contributed by atoms with Crippen molar-refractivity contribution in [3.05, 3.63) is 29.8 Å². The van der Waals surface area contributed by atoms with Crippen molar-refractivity contribution in [1.82, 2.24) is 9.80 Å². The zero-order valence-electron chi connectivity index (χ0n) is 14.7. The first-order valence-electron chi connectivity index (χ1n) is 8.36. The molecule has 0 bridgehead atoms. The average molecular weight is 350 g/mol. The van der Waals surface area contributed by atoms with Gasteiger partial charge in [0, 0.05) is 36.3 Å². The molecule has 0 unspecified atom stereocenters. The molecule has 6 heteroatoms. The van der Waals surface area contributed by atoms with Crippen molar-refractivity contribution < 1.29 is 14.3 Å². The number of hydrogen-bond donors (Lipinski definition) is 0. The van der Waals surface area contributed by atoms with Crippen molar-refractivity contribution in [2.24, 2.45) is 0 Å². The Bertz CT molecular complexity index is 560. The van der Waals surface area contributed by atoms with Crippen molar-refractivity contribution >= 4 is 23.8 Å². The Hall–Kier alpha value is -1.69. The number of methoxy groups -OCH3 is 1. The van der Waals surface area contributed by atoms with Gasteiger partial charge in [-0.15, -0.1) is 11.8 Å². The molecule has 2 rings (SSSR count). The third kappa shape index (κ3) is 5.44. The summed E-state index contributed by atoms with van der Waals surface area (Å²) >= 11 is 1.82. The SMILES string of the molecule is COC(=O)N1CCCN(C(=O)Cc2ccc(SC(C)C)cc2)CC1. The van der Waals surface area contributed by atoms with E-state index in [1.807, 2.05) is 28.8 Å². The molecule has 132 valence electrons. The molecule has 1 aromatic carbocycles. The Morgan fingerprint density at radius 3 is 2.33 bits per heavy atom. The van der Waals surface area contributed by atoms with E-state index < -0.39 is 0 Å². The van der Waals surface area contributed by atoms with E-state index in [0.717, 1.165) is 12.0 Å². The first-order chi connectivity index (χ1) is 11.5. The molecule has 0 spiro atoms. The lowest BCUT2D eigenvalue weighted by Crippen LogP contribution is -2.37. The van der Waals surface area contributed by atoms with Crippen molar-refractivity contribution in [2.75, 3.05) is 33.3 Å². The summed E-state index contributed by atoms with van der Waals surface area (Å²) in [6.45, 7) is 6.75. The third-order valence-electron chi connectivity index (χ3n) is 3.93. The maximum Gasteiger partial charge on any atom is 0.409 e. The Balaban J connectivity index is 1.89. The standard InChI is InChI=1S/C18H26N2O3S/c1-14(2)24-16-7-5-15(6-8-16)13-17(21)19-9-4-10-20(12-11-19)18(22)23-3/h5-8,14H,4,9-13H2,1-3H3. The molecule has 0 radical (unpaired) electrons. The fourth-order valence-electron chi connectivity index (χ4n) is 2.72. The van der Waals surface area contributed by atoms with E-state index in [0.29, 0.717) is 37.8 Å². The minimum Gasteiger partial charge on any atom is -0.453 e. The van der Waals surface area contributed by atoms with Crippen LogP contribution in [0.25, 0.3) is 0 Å². The molecule has 0 saturated carbocycles. The van der Waals surface area contributed by atoms with Gasteiger partial charge in [0.2, 0.25) is 5.91 Å². The van der Waals surface area contributed by atoms with Crippen molar-refractivity contribution in [1.29, 1.82) is 0 Å². The predicted molar refractivity (Wildman–Crippen MR) is 96.3 cm³/mol. The third-order valence-corrected chi connectivity index (χ3v) is 4.95. The maximum atomic E-state index is 12.5. The molecule has 0 aromatic heterocycles. The average Bonchev–Trinajstić information content (AvgIpc) is 2.81. The summed E-state index contributed by atoms with van der Waals surface area (Å²) in [7, 11) is 1.39. The predicted octanol–water partition coefficient (Wildman–Crippen LogP) is 3.03. The fraction of sp³-hybridized carbons (Fsp3) is 0.556. The number of nitrogens with zero attached hydrogens (tertiary/aromatic N) is 2. The quantitative estimate of drug-likeness (QED) is 0.783. The van der Waals surface area contributed by atoms with Gasteiger partial charge in [0.15, 0.2) is 0 Å². The van der Waals surface area contributed by atoms with Gasteiger partial charge in [0.1, 0.15) is 0 Å². The summed E-state index contributed by atoms with van der Waals surface area (Å²) in [5, 5.41) is 0.548. The Morgan fingerprint density at radius 1 is 1.08 bits per heavy atom. The van der Waals surface area contributed by atoms with Crippen LogP contribution in [0.2, 0.25) is 0 Å². The van der Waals surface area contributed by atoms with Crippen LogP contribution < -0.4 is 0 Å². The number of carbonyl (C=O) groups excluding carboxylic acids is 2. The van der Waals surface area contributed by atoms with Crippen LogP contribution in [-0.4, -0.2) is 60.3 Å². The van der Waals surface area contributed by atoms with Gasteiger partial charge >= 0.3 is 6.09 Å². The molecule has 1 aliphatic rings. The smallest absolute Gasteiger partial charge is 0.409 e. The summed E-state index contributed by atoms with van der Waals surface area (Å²) in [5.41, 5.74) is 1.03. The van der Waals surface area contributed by atoms with Gasteiger partial charge in [0.05, 0.1) is 13.5 Å². The molecule has 1 saturated heterocycles. The van der Waals surface area contributed by atoms with Crippen LogP contribution in [0.15, 0.2) is 29.2 Å². The zero-order chi connectivity index (χ0) is 17.5. The highest BCUT2D eigenvalue weighted by Gasteiger charge is 2.22. The monoisotopic (exact) mass is 350 g/mol. The van der Waals surface area contributed by atoms with E-state index >= 15 is 0 Å². The second kappa shape index (κ2) is 8.97. The molecule has 1 fully saturated rings. The Kier molecular flexibility index (Phi) is 6.97. The normalized spacial score (nSPS) is 15.3. The number of benzene rings is 1. The number of rotatable bonds is 4. The van der Waals surface area contributed by atoms with Crippen LogP contribution in [0.1, 0.15) is 25.8 Å². The lowest BCUT2D eigenvalue weighted by molar-refractivity contribution is -0.130. The lowest BCUT2D eigenvalue weighted by atomic mass is 10.1. The van der Waals surface area contributed by atoms with Crippen molar-refractivity contribution in [2.45, 2.75) is 36.8 Å².